The lowest BCUT2D eigenvalue weighted by molar-refractivity contribution is 0.0952. The molecule has 2 aromatic rings. The summed E-state index contributed by atoms with van der Waals surface area (Å²) in [7, 11) is 1.94. The standard InChI is InChI=1S/C17H22N4O.2ClH/c1-13(18)10-11-19-17(22)14-8-9-16(20-12-14)21(2)15-6-4-3-5-7-15;;/h3-9,12-13H,10-11,18H2,1-2H3,(H,19,22);2*1H. The Hall–Kier alpha value is -1.82. The van der Waals surface area contributed by atoms with Crippen LogP contribution in [0.4, 0.5) is 11.5 Å². The van der Waals surface area contributed by atoms with Gasteiger partial charge in [-0.3, -0.25) is 4.79 Å². The van der Waals surface area contributed by atoms with E-state index in [4.69, 9.17) is 5.73 Å². The molecule has 0 bridgehead atoms. The molecule has 0 aliphatic heterocycles. The summed E-state index contributed by atoms with van der Waals surface area (Å²) in [5.74, 6) is 0.667. The SMILES string of the molecule is CC(N)CCNC(=O)c1ccc(N(C)c2ccccc2)nc1.Cl.Cl. The van der Waals surface area contributed by atoms with Gasteiger partial charge in [0.25, 0.3) is 5.91 Å². The Balaban J connectivity index is 0.00000264. The summed E-state index contributed by atoms with van der Waals surface area (Å²) in [6.07, 6.45) is 2.35. The van der Waals surface area contributed by atoms with Crippen LogP contribution in [-0.2, 0) is 0 Å². The average Bonchev–Trinajstić information content (AvgIpc) is 2.54. The van der Waals surface area contributed by atoms with Crippen molar-refractivity contribution in [1.82, 2.24) is 10.3 Å². The minimum absolute atomic E-state index is 0. The monoisotopic (exact) mass is 370 g/mol. The first-order chi connectivity index (χ1) is 10.6. The number of nitrogens with two attached hydrogens (primary N) is 1. The smallest absolute Gasteiger partial charge is 0.252 e. The van der Waals surface area contributed by atoms with Gasteiger partial charge in [0.15, 0.2) is 0 Å². The lowest BCUT2D eigenvalue weighted by Gasteiger charge is -2.18. The van der Waals surface area contributed by atoms with Crippen LogP contribution >= 0.6 is 24.8 Å². The number of benzene rings is 1. The van der Waals surface area contributed by atoms with E-state index in [0.717, 1.165) is 17.9 Å². The number of nitrogens with one attached hydrogen (secondary N) is 1. The summed E-state index contributed by atoms with van der Waals surface area (Å²) in [6.45, 7) is 2.49. The number of pyridine rings is 1. The summed E-state index contributed by atoms with van der Waals surface area (Å²) in [6, 6.07) is 13.7. The number of carbonyl (C=O) groups excluding carboxylic acids is 1. The highest BCUT2D eigenvalue weighted by Gasteiger charge is 2.08. The van der Waals surface area contributed by atoms with Gasteiger partial charge in [-0.05, 0) is 37.6 Å². The van der Waals surface area contributed by atoms with Crippen LogP contribution in [0.2, 0.25) is 0 Å². The van der Waals surface area contributed by atoms with Gasteiger partial charge < -0.3 is 16.0 Å². The van der Waals surface area contributed by atoms with Crippen molar-refractivity contribution in [3.8, 4) is 0 Å². The number of anilines is 2. The van der Waals surface area contributed by atoms with Gasteiger partial charge >= 0.3 is 0 Å². The second kappa shape index (κ2) is 10.9. The molecule has 0 saturated carbocycles. The topological polar surface area (TPSA) is 71.2 Å². The molecule has 1 amide bonds. The van der Waals surface area contributed by atoms with Crippen LogP contribution in [0.5, 0.6) is 0 Å². The Morgan fingerprint density at radius 1 is 1.21 bits per heavy atom. The summed E-state index contributed by atoms with van der Waals surface area (Å²) < 4.78 is 0. The zero-order chi connectivity index (χ0) is 15.9. The molecule has 1 heterocycles. The highest BCUT2D eigenvalue weighted by atomic mass is 35.5. The highest BCUT2D eigenvalue weighted by Crippen LogP contribution is 2.20. The maximum Gasteiger partial charge on any atom is 0.252 e. The lowest BCUT2D eigenvalue weighted by Crippen LogP contribution is -2.29. The van der Waals surface area contributed by atoms with Crippen molar-refractivity contribution in [2.45, 2.75) is 19.4 Å². The quantitative estimate of drug-likeness (QED) is 0.818. The van der Waals surface area contributed by atoms with Crippen LogP contribution in [0.25, 0.3) is 0 Å². The van der Waals surface area contributed by atoms with Crippen molar-refractivity contribution in [2.24, 2.45) is 5.73 Å². The van der Waals surface area contributed by atoms with E-state index >= 15 is 0 Å². The number of aromatic nitrogens is 1. The Bertz CT molecular complexity index is 606. The molecule has 0 aliphatic carbocycles. The molecule has 132 valence electrons. The largest absolute Gasteiger partial charge is 0.352 e. The van der Waals surface area contributed by atoms with Gasteiger partial charge in [-0.15, -0.1) is 24.8 Å². The fraction of sp³-hybridized carbons (Fsp3) is 0.294. The van der Waals surface area contributed by atoms with E-state index in [1.165, 1.54) is 0 Å². The Morgan fingerprint density at radius 3 is 2.42 bits per heavy atom. The van der Waals surface area contributed by atoms with Crippen LogP contribution < -0.4 is 16.0 Å². The average molecular weight is 371 g/mol. The summed E-state index contributed by atoms with van der Waals surface area (Å²) >= 11 is 0. The second-order valence-corrected chi connectivity index (χ2v) is 5.32. The van der Waals surface area contributed by atoms with Gasteiger partial charge in [-0.2, -0.15) is 0 Å². The maximum absolute atomic E-state index is 12.0. The first-order valence-corrected chi connectivity index (χ1v) is 7.36. The van der Waals surface area contributed by atoms with Gasteiger partial charge in [-0.1, -0.05) is 18.2 Å². The number of para-hydroxylation sites is 1. The molecule has 5 nitrogen and oxygen atoms in total. The first-order valence-electron chi connectivity index (χ1n) is 7.36. The van der Waals surface area contributed by atoms with Crippen LogP contribution in [0, 0.1) is 0 Å². The molecular formula is C17H24Cl2N4O. The van der Waals surface area contributed by atoms with Crippen molar-refractivity contribution in [2.75, 3.05) is 18.5 Å². The normalized spacial score (nSPS) is 10.8. The van der Waals surface area contributed by atoms with Crippen LogP contribution in [0.3, 0.4) is 0 Å². The zero-order valence-corrected chi connectivity index (χ0v) is 15.4. The summed E-state index contributed by atoms with van der Waals surface area (Å²) in [5, 5.41) is 2.84. The van der Waals surface area contributed by atoms with E-state index in [9.17, 15) is 4.79 Å². The van der Waals surface area contributed by atoms with Crippen molar-refractivity contribution < 1.29 is 4.79 Å². The van der Waals surface area contributed by atoms with Crippen LogP contribution in [0.1, 0.15) is 23.7 Å². The fourth-order valence-corrected chi connectivity index (χ4v) is 2.02. The van der Waals surface area contributed by atoms with Gasteiger partial charge in [-0.25, -0.2) is 4.98 Å². The molecule has 0 spiro atoms. The van der Waals surface area contributed by atoms with Crippen molar-refractivity contribution in [3.05, 3.63) is 54.2 Å². The van der Waals surface area contributed by atoms with Crippen molar-refractivity contribution in [1.29, 1.82) is 0 Å². The molecule has 0 radical (unpaired) electrons. The third kappa shape index (κ3) is 6.35. The Morgan fingerprint density at radius 2 is 1.88 bits per heavy atom. The van der Waals surface area contributed by atoms with Crippen LogP contribution in [0.15, 0.2) is 48.7 Å². The maximum atomic E-state index is 12.0. The van der Waals surface area contributed by atoms with E-state index in [2.05, 4.69) is 10.3 Å². The van der Waals surface area contributed by atoms with Gasteiger partial charge in [0.2, 0.25) is 0 Å². The van der Waals surface area contributed by atoms with Gasteiger partial charge in [0.05, 0.1) is 5.56 Å². The molecule has 1 aromatic heterocycles. The molecule has 2 rings (SSSR count). The molecule has 24 heavy (non-hydrogen) atoms. The minimum atomic E-state index is -0.123. The summed E-state index contributed by atoms with van der Waals surface area (Å²) in [4.78, 5) is 18.3. The Kier molecular flexibility index (Phi) is 10.0. The molecule has 7 heteroatoms. The van der Waals surface area contributed by atoms with E-state index in [0.29, 0.717) is 12.1 Å². The number of carbonyl (C=O) groups is 1. The van der Waals surface area contributed by atoms with Crippen molar-refractivity contribution >= 4 is 42.2 Å². The van der Waals surface area contributed by atoms with Crippen LogP contribution in [-0.4, -0.2) is 30.5 Å². The van der Waals surface area contributed by atoms with E-state index in [-0.39, 0.29) is 36.8 Å². The lowest BCUT2D eigenvalue weighted by atomic mass is 10.2. The van der Waals surface area contributed by atoms with E-state index in [1.807, 2.05) is 55.3 Å². The summed E-state index contributed by atoms with van der Waals surface area (Å²) in [5.41, 5.74) is 7.25. The molecule has 3 N–H and O–H groups in total. The number of rotatable bonds is 6. The molecule has 1 aromatic carbocycles. The number of halogens is 2. The third-order valence-corrected chi connectivity index (χ3v) is 3.38. The number of hydrogen-bond donors (Lipinski definition) is 2. The number of amides is 1. The van der Waals surface area contributed by atoms with Gasteiger partial charge in [0.1, 0.15) is 5.82 Å². The van der Waals surface area contributed by atoms with Gasteiger partial charge in [0, 0.05) is 31.5 Å². The molecule has 0 aliphatic rings. The molecule has 0 fully saturated rings. The zero-order valence-electron chi connectivity index (χ0n) is 13.8. The van der Waals surface area contributed by atoms with Crippen molar-refractivity contribution in [3.63, 3.8) is 0 Å². The molecule has 0 saturated heterocycles. The van der Waals surface area contributed by atoms with E-state index in [1.54, 1.807) is 12.3 Å². The second-order valence-electron chi connectivity index (χ2n) is 5.32. The predicted octanol–water partition coefficient (Wildman–Crippen LogP) is 3.16. The predicted molar refractivity (Wildman–Crippen MR) is 104 cm³/mol. The minimum Gasteiger partial charge on any atom is -0.352 e. The van der Waals surface area contributed by atoms with E-state index < -0.39 is 0 Å². The fourth-order valence-electron chi connectivity index (χ4n) is 2.02. The third-order valence-electron chi connectivity index (χ3n) is 3.38. The Labute approximate surface area is 155 Å². The number of nitrogens with zero attached hydrogens (tertiary/aromatic N) is 2. The molecular weight excluding hydrogens is 347 g/mol. The molecule has 1 unspecified atom stereocenters. The molecule has 1 atom stereocenters. The number of hydrogen-bond acceptors (Lipinski definition) is 4. The highest BCUT2D eigenvalue weighted by molar-refractivity contribution is 5.94. The first kappa shape index (κ1) is 22.2.